The van der Waals surface area contributed by atoms with Gasteiger partial charge in [-0.25, -0.2) is 13.1 Å². The molecule has 0 atom stereocenters. The number of hydrogen-bond acceptors (Lipinski definition) is 3. The first-order chi connectivity index (χ1) is 8.62. The summed E-state index contributed by atoms with van der Waals surface area (Å²) in [7, 11) is -3.38. The minimum atomic E-state index is -3.38. The van der Waals surface area contributed by atoms with Crippen LogP contribution in [0.3, 0.4) is 0 Å². The number of benzene rings is 1. The molecule has 0 amide bonds. The molecule has 1 heterocycles. The van der Waals surface area contributed by atoms with Crippen LogP contribution in [0.25, 0.3) is 0 Å². The quantitative estimate of drug-likeness (QED) is 0.846. The Morgan fingerprint density at radius 2 is 1.94 bits per heavy atom. The van der Waals surface area contributed by atoms with Crippen LogP contribution < -0.4 is 4.72 Å². The fraction of sp³-hybridized carbons (Fsp3) is 0.167. The summed E-state index contributed by atoms with van der Waals surface area (Å²) < 4.78 is 26.8. The van der Waals surface area contributed by atoms with Crippen molar-refractivity contribution in [2.24, 2.45) is 0 Å². The van der Waals surface area contributed by atoms with Crippen LogP contribution in [0, 0.1) is 0 Å². The van der Waals surface area contributed by atoms with E-state index in [1.165, 1.54) is 11.3 Å². The maximum absolute atomic E-state index is 11.9. The third-order valence-corrected chi connectivity index (χ3v) is 5.82. The highest BCUT2D eigenvalue weighted by Gasteiger charge is 2.14. The highest BCUT2D eigenvalue weighted by Crippen LogP contribution is 2.16. The Morgan fingerprint density at radius 3 is 2.61 bits per heavy atom. The van der Waals surface area contributed by atoms with E-state index >= 15 is 0 Å². The molecule has 0 unspecified atom stereocenters. The first-order valence-corrected chi connectivity index (χ1v) is 8.77. The summed E-state index contributed by atoms with van der Waals surface area (Å²) in [5.41, 5.74) is 2.08. The topological polar surface area (TPSA) is 46.2 Å². The normalized spacial score (nSPS) is 11.6. The number of sulfonamides is 1. The zero-order chi connectivity index (χ0) is 13.0. The molecule has 0 saturated heterocycles. The van der Waals surface area contributed by atoms with Gasteiger partial charge in [0.05, 0.1) is 0 Å². The monoisotopic (exact) mass is 345 g/mol. The highest BCUT2D eigenvalue weighted by atomic mass is 79.9. The third kappa shape index (κ3) is 3.41. The fourth-order valence-corrected chi connectivity index (χ4v) is 3.89. The Bertz CT molecular complexity index is 609. The van der Waals surface area contributed by atoms with Gasteiger partial charge in [0.2, 0.25) is 10.0 Å². The minimum absolute atomic E-state index is 0.307. The lowest BCUT2D eigenvalue weighted by molar-refractivity contribution is 0.583. The Morgan fingerprint density at radius 1 is 1.17 bits per heavy atom. The molecular formula is C12H12BrNO2S2. The van der Waals surface area contributed by atoms with Crippen molar-refractivity contribution in [2.45, 2.75) is 16.1 Å². The van der Waals surface area contributed by atoms with Crippen LogP contribution in [0.15, 0.2) is 46.0 Å². The molecule has 18 heavy (non-hydrogen) atoms. The number of thiophene rings is 1. The lowest BCUT2D eigenvalue weighted by Crippen LogP contribution is -2.22. The lowest BCUT2D eigenvalue weighted by atomic mass is 10.1. The van der Waals surface area contributed by atoms with Crippen molar-refractivity contribution in [3.05, 3.63) is 52.9 Å². The number of alkyl halides is 1. The van der Waals surface area contributed by atoms with Gasteiger partial charge in [-0.2, -0.15) is 0 Å². The van der Waals surface area contributed by atoms with Crippen molar-refractivity contribution in [1.29, 1.82) is 0 Å². The van der Waals surface area contributed by atoms with Gasteiger partial charge in [-0.3, -0.25) is 0 Å². The predicted molar refractivity (Wildman–Crippen MR) is 77.4 cm³/mol. The van der Waals surface area contributed by atoms with Crippen LogP contribution >= 0.6 is 27.3 Å². The molecule has 2 aromatic rings. The SMILES string of the molecule is O=S(=O)(NCc1cccc(CBr)c1)c1cccs1. The van der Waals surface area contributed by atoms with Crippen molar-refractivity contribution >= 4 is 37.3 Å². The van der Waals surface area contributed by atoms with E-state index in [1.807, 2.05) is 24.3 Å². The Balaban J connectivity index is 2.07. The maximum atomic E-state index is 11.9. The Hall–Kier alpha value is -0.690. The van der Waals surface area contributed by atoms with Crippen molar-refractivity contribution in [3.8, 4) is 0 Å². The van der Waals surface area contributed by atoms with Gasteiger partial charge in [-0.05, 0) is 22.6 Å². The molecule has 0 saturated carbocycles. The minimum Gasteiger partial charge on any atom is -0.206 e. The van der Waals surface area contributed by atoms with Crippen molar-refractivity contribution in [2.75, 3.05) is 0 Å². The van der Waals surface area contributed by atoms with Crippen molar-refractivity contribution in [3.63, 3.8) is 0 Å². The van der Waals surface area contributed by atoms with Crippen molar-refractivity contribution < 1.29 is 8.42 Å². The Labute approximate surface area is 119 Å². The summed E-state index contributed by atoms with van der Waals surface area (Å²) in [5, 5.41) is 2.51. The van der Waals surface area contributed by atoms with E-state index in [4.69, 9.17) is 0 Å². The summed E-state index contributed by atoms with van der Waals surface area (Å²) in [6.45, 7) is 0.307. The number of halogens is 1. The zero-order valence-electron chi connectivity index (χ0n) is 9.47. The molecule has 2 rings (SSSR count). The first-order valence-electron chi connectivity index (χ1n) is 5.29. The van der Waals surface area contributed by atoms with Crippen LogP contribution in [0.5, 0.6) is 0 Å². The van der Waals surface area contributed by atoms with E-state index in [0.717, 1.165) is 16.5 Å². The molecule has 0 aliphatic heterocycles. The Kier molecular flexibility index (Phi) is 4.55. The second-order valence-corrected chi connectivity index (χ2v) is 7.21. The second-order valence-electron chi connectivity index (χ2n) is 3.71. The van der Waals surface area contributed by atoms with Gasteiger partial charge in [0, 0.05) is 11.9 Å². The van der Waals surface area contributed by atoms with E-state index in [1.54, 1.807) is 17.5 Å². The van der Waals surface area contributed by atoms with Crippen LogP contribution in [0.4, 0.5) is 0 Å². The van der Waals surface area contributed by atoms with E-state index in [9.17, 15) is 8.42 Å². The molecule has 3 nitrogen and oxygen atoms in total. The number of nitrogens with one attached hydrogen (secondary N) is 1. The maximum Gasteiger partial charge on any atom is 0.250 e. The molecule has 0 radical (unpaired) electrons. The molecule has 0 bridgehead atoms. The van der Waals surface area contributed by atoms with Gasteiger partial charge in [0.1, 0.15) is 4.21 Å². The predicted octanol–water partition coefficient (Wildman–Crippen LogP) is 3.12. The summed E-state index contributed by atoms with van der Waals surface area (Å²) in [4.78, 5) is 0. The lowest BCUT2D eigenvalue weighted by Gasteiger charge is -2.06. The molecule has 0 aliphatic rings. The van der Waals surface area contributed by atoms with Crippen LogP contribution in [-0.2, 0) is 21.9 Å². The average Bonchev–Trinajstić information content (AvgIpc) is 2.91. The smallest absolute Gasteiger partial charge is 0.206 e. The summed E-state index contributed by atoms with van der Waals surface area (Å²) in [5.74, 6) is 0. The molecule has 1 N–H and O–H groups in total. The molecule has 0 spiro atoms. The third-order valence-electron chi connectivity index (χ3n) is 2.37. The molecule has 0 aliphatic carbocycles. The van der Waals surface area contributed by atoms with Gasteiger partial charge in [0.25, 0.3) is 0 Å². The number of rotatable bonds is 5. The second kappa shape index (κ2) is 5.97. The van der Waals surface area contributed by atoms with Gasteiger partial charge >= 0.3 is 0 Å². The van der Waals surface area contributed by atoms with Gasteiger partial charge in [-0.1, -0.05) is 46.3 Å². The zero-order valence-corrected chi connectivity index (χ0v) is 12.7. The van der Waals surface area contributed by atoms with E-state index in [-0.39, 0.29) is 0 Å². The molecule has 1 aromatic carbocycles. The average molecular weight is 346 g/mol. The molecule has 0 fully saturated rings. The summed E-state index contributed by atoms with van der Waals surface area (Å²) in [6, 6.07) is 11.1. The van der Waals surface area contributed by atoms with Gasteiger partial charge in [-0.15, -0.1) is 11.3 Å². The largest absolute Gasteiger partial charge is 0.250 e. The van der Waals surface area contributed by atoms with Gasteiger partial charge < -0.3 is 0 Å². The summed E-state index contributed by atoms with van der Waals surface area (Å²) >= 11 is 4.59. The molecule has 1 aromatic heterocycles. The summed E-state index contributed by atoms with van der Waals surface area (Å²) in [6.07, 6.45) is 0. The fourth-order valence-electron chi connectivity index (χ4n) is 1.49. The van der Waals surface area contributed by atoms with Crippen molar-refractivity contribution in [1.82, 2.24) is 4.72 Å². The van der Waals surface area contributed by atoms with E-state index < -0.39 is 10.0 Å². The van der Waals surface area contributed by atoms with Crippen LogP contribution in [0.2, 0.25) is 0 Å². The molecular weight excluding hydrogens is 334 g/mol. The molecule has 96 valence electrons. The van der Waals surface area contributed by atoms with Crippen LogP contribution in [0.1, 0.15) is 11.1 Å². The number of hydrogen-bond donors (Lipinski definition) is 1. The van der Waals surface area contributed by atoms with E-state index in [2.05, 4.69) is 20.7 Å². The standard InChI is InChI=1S/C12H12BrNO2S2/c13-8-10-3-1-4-11(7-10)9-14-18(15,16)12-5-2-6-17-12/h1-7,14H,8-9H2. The highest BCUT2D eigenvalue weighted by molar-refractivity contribution is 9.08. The van der Waals surface area contributed by atoms with E-state index in [0.29, 0.717) is 10.8 Å². The molecule has 6 heteroatoms. The van der Waals surface area contributed by atoms with Gasteiger partial charge in [0.15, 0.2) is 0 Å². The van der Waals surface area contributed by atoms with Crippen LogP contribution in [-0.4, -0.2) is 8.42 Å². The first kappa shape index (κ1) is 13.7.